The highest BCUT2D eigenvalue weighted by Gasteiger charge is 2.43. The van der Waals surface area contributed by atoms with Crippen LogP contribution in [0.25, 0.3) is 0 Å². The van der Waals surface area contributed by atoms with E-state index in [-0.39, 0.29) is 35.8 Å². The maximum Gasteiger partial charge on any atom is 0.225 e. The number of carbonyl (C=O) groups is 1. The maximum atomic E-state index is 12.1. The molecule has 6 heteroatoms. The Balaban J connectivity index is 0.00000261. The van der Waals surface area contributed by atoms with Gasteiger partial charge in [0.05, 0.1) is 0 Å². The van der Waals surface area contributed by atoms with E-state index in [4.69, 9.17) is 0 Å². The number of likely N-dealkylation sites (tertiary alicyclic amines) is 1. The van der Waals surface area contributed by atoms with Crippen molar-refractivity contribution < 1.29 is 4.79 Å². The number of carbonyl (C=O) groups excluding carboxylic acids is 1. The molecule has 0 bridgehead atoms. The molecule has 2 atom stereocenters. The number of halogens is 1. The number of piperidine rings is 1. The number of hydrogen-bond donors (Lipinski definition) is 2. The van der Waals surface area contributed by atoms with Crippen LogP contribution in [0.15, 0.2) is 4.99 Å². The van der Waals surface area contributed by atoms with E-state index in [2.05, 4.69) is 22.5 Å². The second-order valence-corrected chi connectivity index (χ2v) is 8.77. The smallest absolute Gasteiger partial charge is 0.225 e. The third-order valence-corrected chi connectivity index (χ3v) is 6.37. The van der Waals surface area contributed by atoms with Gasteiger partial charge in [-0.1, -0.05) is 46.0 Å². The van der Waals surface area contributed by atoms with Gasteiger partial charge in [-0.3, -0.25) is 9.79 Å². The molecule has 0 spiro atoms. The van der Waals surface area contributed by atoms with Gasteiger partial charge in [-0.15, -0.1) is 24.0 Å². The van der Waals surface area contributed by atoms with Gasteiger partial charge in [-0.2, -0.15) is 0 Å². The van der Waals surface area contributed by atoms with E-state index >= 15 is 0 Å². The Labute approximate surface area is 182 Å². The van der Waals surface area contributed by atoms with Crippen molar-refractivity contribution in [2.24, 2.45) is 22.7 Å². The average Bonchev–Trinajstić information content (AvgIpc) is 3.42. The van der Waals surface area contributed by atoms with Crippen molar-refractivity contribution >= 4 is 35.8 Å². The monoisotopic (exact) mass is 490 g/mol. The van der Waals surface area contributed by atoms with Gasteiger partial charge in [0.15, 0.2) is 5.96 Å². The Hall–Kier alpha value is -0.530. The fraction of sp³-hybridized carbons (Fsp3) is 0.905. The first-order valence-electron chi connectivity index (χ1n) is 10.9. The van der Waals surface area contributed by atoms with Gasteiger partial charge in [0.1, 0.15) is 0 Å². The van der Waals surface area contributed by atoms with Crippen LogP contribution in [0.2, 0.25) is 0 Å². The summed E-state index contributed by atoms with van der Waals surface area (Å²) in [4.78, 5) is 18.8. The second-order valence-electron chi connectivity index (χ2n) is 8.77. The zero-order valence-corrected chi connectivity index (χ0v) is 19.7. The van der Waals surface area contributed by atoms with Crippen LogP contribution in [0.3, 0.4) is 0 Å². The molecular formula is C21H39IN4O. The first-order chi connectivity index (χ1) is 12.6. The van der Waals surface area contributed by atoms with Crippen LogP contribution in [0.1, 0.15) is 72.1 Å². The molecule has 2 aliphatic carbocycles. The summed E-state index contributed by atoms with van der Waals surface area (Å²) in [7, 11) is 0. The molecule has 0 aromatic carbocycles. The van der Waals surface area contributed by atoms with Crippen molar-refractivity contribution in [2.45, 2.75) is 84.2 Å². The Bertz CT molecular complexity index is 496. The Morgan fingerprint density at radius 1 is 1.07 bits per heavy atom. The molecule has 1 saturated heterocycles. The molecule has 27 heavy (non-hydrogen) atoms. The molecular weight excluding hydrogens is 451 g/mol. The van der Waals surface area contributed by atoms with Crippen LogP contribution in [0.5, 0.6) is 0 Å². The highest BCUT2D eigenvalue weighted by molar-refractivity contribution is 14.0. The number of aliphatic imine (C=N–C) groups is 1. The number of nitrogens with zero attached hydrogens (tertiary/aromatic N) is 2. The SMILES string of the molecule is CCN=C(NC1CCN(C(=O)C(C)C)CC1)NC1CC1C1CCCCC1.I. The van der Waals surface area contributed by atoms with Gasteiger partial charge in [0.2, 0.25) is 5.91 Å². The van der Waals surface area contributed by atoms with Crippen LogP contribution < -0.4 is 10.6 Å². The first-order valence-corrected chi connectivity index (χ1v) is 10.9. The molecule has 1 amide bonds. The predicted molar refractivity (Wildman–Crippen MR) is 123 cm³/mol. The molecule has 1 aliphatic heterocycles. The number of amides is 1. The van der Waals surface area contributed by atoms with Gasteiger partial charge >= 0.3 is 0 Å². The number of hydrogen-bond acceptors (Lipinski definition) is 2. The van der Waals surface area contributed by atoms with E-state index in [9.17, 15) is 4.79 Å². The van der Waals surface area contributed by atoms with Gasteiger partial charge in [0.25, 0.3) is 0 Å². The summed E-state index contributed by atoms with van der Waals surface area (Å²) in [6.07, 6.45) is 10.5. The molecule has 3 rings (SSSR count). The van der Waals surface area contributed by atoms with E-state index in [0.29, 0.717) is 12.1 Å². The molecule has 2 N–H and O–H groups in total. The quantitative estimate of drug-likeness (QED) is 0.351. The first kappa shape index (κ1) is 22.8. The van der Waals surface area contributed by atoms with E-state index in [1.807, 2.05) is 18.7 Å². The molecule has 3 aliphatic rings. The number of nitrogens with one attached hydrogen (secondary N) is 2. The maximum absolute atomic E-state index is 12.1. The van der Waals surface area contributed by atoms with E-state index in [1.165, 1.54) is 38.5 Å². The normalized spacial score (nSPS) is 27.3. The number of rotatable bonds is 5. The van der Waals surface area contributed by atoms with E-state index in [0.717, 1.165) is 50.3 Å². The van der Waals surface area contributed by atoms with Gasteiger partial charge in [-0.25, -0.2) is 0 Å². The molecule has 156 valence electrons. The number of guanidine groups is 1. The molecule has 2 unspecified atom stereocenters. The predicted octanol–water partition coefficient (Wildman–Crippen LogP) is 3.78. The molecule has 2 saturated carbocycles. The van der Waals surface area contributed by atoms with Gasteiger partial charge in [0, 0.05) is 37.6 Å². The zero-order chi connectivity index (χ0) is 18.5. The van der Waals surface area contributed by atoms with Crippen LogP contribution in [-0.2, 0) is 4.79 Å². The minimum absolute atomic E-state index is 0. The molecule has 5 nitrogen and oxygen atoms in total. The highest BCUT2D eigenvalue weighted by atomic mass is 127. The summed E-state index contributed by atoms with van der Waals surface area (Å²) in [6, 6.07) is 1.05. The fourth-order valence-electron chi connectivity index (χ4n) is 4.73. The summed E-state index contributed by atoms with van der Waals surface area (Å²) in [5.74, 6) is 3.19. The lowest BCUT2D eigenvalue weighted by molar-refractivity contribution is -0.135. The van der Waals surface area contributed by atoms with Gasteiger partial charge in [-0.05, 0) is 38.0 Å². The minimum Gasteiger partial charge on any atom is -0.354 e. The Morgan fingerprint density at radius 3 is 2.33 bits per heavy atom. The topological polar surface area (TPSA) is 56.7 Å². The minimum atomic E-state index is 0. The zero-order valence-electron chi connectivity index (χ0n) is 17.4. The molecule has 0 radical (unpaired) electrons. The third kappa shape index (κ3) is 6.50. The van der Waals surface area contributed by atoms with Crippen LogP contribution in [0, 0.1) is 17.8 Å². The standard InChI is InChI=1S/C21H38N4O.HI/c1-4-22-21(24-19-14-18(19)16-8-6-5-7-9-16)23-17-10-12-25(13-11-17)20(26)15(2)3;/h15-19H,4-14H2,1-3H3,(H2,22,23,24);1H. The lowest BCUT2D eigenvalue weighted by Crippen LogP contribution is -2.51. The summed E-state index contributed by atoms with van der Waals surface area (Å²) < 4.78 is 0. The van der Waals surface area contributed by atoms with Crippen molar-refractivity contribution in [3.05, 3.63) is 0 Å². The third-order valence-electron chi connectivity index (χ3n) is 6.37. The Kier molecular flexibility index (Phi) is 9.16. The molecule has 1 heterocycles. The van der Waals surface area contributed by atoms with Crippen molar-refractivity contribution in [1.82, 2.24) is 15.5 Å². The van der Waals surface area contributed by atoms with Crippen LogP contribution >= 0.6 is 24.0 Å². The van der Waals surface area contributed by atoms with Crippen molar-refractivity contribution in [2.75, 3.05) is 19.6 Å². The summed E-state index contributed by atoms with van der Waals surface area (Å²) in [5, 5.41) is 7.34. The fourth-order valence-corrected chi connectivity index (χ4v) is 4.73. The molecule has 0 aromatic rings. The Morgan fingerprint density at radius 2 is 1.74 bits per heavy atom. The lowest BCUT2D eigenvalue weighted by atomic mass is 9.85. The summed E-state index contributed by atoms with van der Waals surface area (Å²) in [5.41, 5.74) is 0. The molecule has 3 fully saturated rings. The highest BCUT2D eigenvalue weighted by Crippen LogP contribution is 2.44. The summed E-state index contributed by atoms with van der Waals surface area (Å²) in [6.45, 7) is 8.60. The van der Waals surface area contributed by atoms with E-state index < -0.39 is 0 Å². The largest absolute Gasteiger partial charge is 0.354 e. The molecule has 0 aromatic heterocycles. The van der Waals surface area contributed by atoms with Crippen LogP contribution in [0.4, 0.5) is 0 Å². The van der Waals surface area contributed by atoms with Crippen molar-refractivity contribution in [3.63, 3.8) is 0 Å². The summed E-state index contributed by atoms with van der Waals surface area (Å²) >= 11 is 0. The average molecular weight is 490 g/mol. The van der Waals surface area contributed by atoms with Gasteiger partial charge < -0.3 is 15.5 Å². The second kappa shape index (κ2) is 10.9. The van der Waals surface area contributed by atoms with E-state index in [1.54, 1.807) is 0 Å². The van der Waals surface area contributed by atoms with Crippen molar-refractivity contribution in [1.29, 1.82) is 0 Å². The van der Waals surface area contributed by atoms with Crippen LogP contribution in [-0.4, -0.2) is 48.5 Å². The lowest BCUT2D eigenvalue weighted by Gasteiger charge is -2.34. The van der Waals surface area contributed by atoms with Crippen molar-refractivity contribution in [3.8, 4) is 0 Å².